The van der Waals surface area contributed by atoms with Crippen LogP contribution >= 0.6 is 22.6 Å². The molecule has 0 fully saturated rings. The zero-order valence-electron chi connectivity index (χ0n) is 13.5. The molecule has 0 saturated heterocycles. The first-order valence-corrected chi connectivity index (χ1v) is 8.72. The molecule has 0 aliphatic carbocycles. The van der Waals surface area contributed by atoms with E-state index in [1.165, 1.54) is 26.1 Å². The van der Waals surface area contributed by atoms with Crippen LogP contribution in [0.1, 0.15) is 11.1 Å². The zero-order valence-corrected chi connectivity index (χ0v) is 15.6. The molecular formula is C20H20IN2+. The molecule has 23 heavy (non-hydrogen) atoms. The number of nitrogens with zero attached hydrogens (tertiary/aromatic N) is 2. The summed E-state index contributed by atoms with van der Waals surface area (Å²) in [4.78, 5) is 2.26. The number of fused-ring (bicyclic) bond motifs is 1. The Kier molecular flexibility index (Phi) is 4.66. The number of hydrogen-bond donors (Lipinski definition) is 0. The number of halogens is 1. The summed E-state index contributed by atoms with van der Waals surface area (Å²) >= 11 is 2.39. The van der Waals surface area contributed by atoms with Gasteiger partial charge in [0, 0.05) is 14.7 Å². The number of anilines is 2. The van der Waals surface area contributed by atoms with E-state index in [1.807, 2.05) is 7.05 Å². The summed E-state index contributed by atoms with van der Waals surface area (Å²) in [7, 11) is 2.04. The Hall–Kier alpha value is -1.88. The number of allylic oxidation sites excluding steroid dienone is 2. The van der Waals surface area contributed by atoms with Gasteiger partial charge in [0.25, 0.3) is 5.82 Å². The summed E-state index contributed by atoms with van der Waals surface area (Å²) in [5.41, 5.74) is 4.93. The Bertz CT molecular complexity index is 818. The Morgan fingerprint density at radius 2 is 1.83 bits per heavy atom. The van der Waals surface area contributed by atoms with E-state index in [4.69, 9.17) is 0 Å². The monoisotopic (exact) mass is 415 g/mol. The fourth-order valence-corrected chi connectivity index (χ4v) is 3.26. The lowest BCUT2D eigenvalue weighted by Gasteiger charge is -2.23. The van der Waals surface area contributed by atoms with Crippen molar-refractivity contribution in [1.82, 2.24) is 0 Å². The normalized spacial score (nSPS) is 18.3. The first-order valence-electron chi connectivity index (χ1n) is 7.64. The van der Waals surface area contributed by atoms with E-state index in [9.17, 15) is 0 Å². The van der Waals surface area contributed by atoms with Gasteiger partial charge >= 0.3 is 0 Å². The molecule has 2 aromatic carbocycles. The third-order valence-corrected chi connectivity index (χ3v) is 5.33. The smallest absolute Gasteiger partial charge is 0.237 e. The van der Waals surface area contributed by atoms with Crippen LogP contribution in [-0.4, -0.2) is 17.8 Å². The summed E-state index contributed by atoms with van der Waals surface area (Å²) in [5, 5.41) is 0. The predicted molar refractivity (Wildman–Crippen MR) is 107 cm³/mol. The highest BCUT2D eigenvalue weighted by molar-refractivity contribution is 14.1. The molecule has 0 atom stereocenters. The van der Waals surface area contributed by atoms with Crippen molar-refractivity contribution in [2.45, 2.75) is 13.3 Å². The molecule has 2 nitrogen and oxygen atoms in total. The fourth-order valence-electron chi connectivity index (χ4n) is 2.78. The summed E-state index contributed by atoms with van der Waals surface area (Å²) in [5.74, 6) is 0.939. The molecule has 1 aliphatic rings. The Balaban J connectivity index is 2.26. The molecule has 0 N–H and O–H groups in total. The van der Waals surface area contributed by atoms with Crippen LogP contribution in [0.2, 0.25) is 0 Å². The van der Waals surface area contributed by atoms with Gasteiger partial charge in [0.2, 0.25) is 0 Å². The molecule has 0 aromatic heterocycles. The van der Waals surface area contributed by atoms with Gasteiger partial charge in [0.05, 0.1) is 13.3 Å². The van der Waals surface area contributed by atoms with Crippen molar-refractivity contribution in [1.29, 1.82) is 0 Å². The van der Waals surface area contributed by atoms with E-state index in [0.717, 1.165) is 12.2 Å². The molecule has 0 spiro atoms. The van der Waals surface area contributed by atoms with Crippen molar-refractivity contribution >= 4 is 40.2 Å². The summed E-state index contributed by atoms with van der Waals surface area (Å²) in [6, 6.07) is 15.0. The average molecular weight is 415 g/mol. The second-order valence-corrected chi connectivity index (χ2v) is 6.82. The van der Waals surface area contributed by atoms with Crippen LogP contribution in [0.25, 0.3) is 0 Å². The molecule has 1 aliphatic heterocycles. The Morgan fingerprint density at radius 3 is 2.65 bits per heavy atom. The zero-order chi connectivity index (χ0) is 16.4. The van der Waals surface area contributed by atoms with Gasteiger partial charge in [-0.15, -0.1) is 0 Å². The average Bonchev–Trinajstić information content (AvgIpc) is 2.61. The molecule has 3 rings (SSSR count). The lowest BCUT2D eigenvalue weighted by Crippen LogP contribution is -2.25. The maximum atomic E-state index is 4.35. The first kappa shape index (κ1) is 16.0. The molecule has 0 radical (unpaired) electrons. The second-order valence-electron chi connectivity index (χ2n) is 5.66. The van der Waals surface area contributed by atoms with Crippen molar-refractivity contribution < 1.29 is 4.58 Å². The highest BCUT2D eigenvalue weighted by atomic mass is 127. The number of benzene rings is 2. The van der Waals surface area contributed by atoms with Crippen LogP contribution in [0.3, 0.4) is 0 Å². The summed E-state index contributed by atoms with van der Waals surface area (Å²) in [6.45, 7) is 6.52. The van der Waals surface area contributed by atoms with E-state index >= 15 is 0 Å². The molecule has 3 heteroatoms. The van der Waals surface area contributed by atoms with Crippen molar-refractivity contribution in [2.24, 2.45) is 0 Å². The molecule has 1 heterocycles. The molecule has 0 amide bonds. The third kappa shape index (κ3) is 3.11. The van der Waals surface area contributed by atoms with Gasteiger partial charge < -0.3 is 0 Å². The number of para-hydroxylation sites is 1. The first-order chi connectivity index (χ1) is 11.1. The Morgan fingerprint density at radius 1 is 1.09 bits per heavy atom. The number of rotatable bonds is 1. The quantitative estimate of drug-likeness (QED) is 0.468. The van der Waals surface area contributed by atoms with E-state index in [1.54, 1.807) is 0 Å². The maximum Gasteiger partial charge on any atom is 0.279 e. The molecular weight excluding hydrogens is 395 g/mol. The summed E-state index contributed by atoms with van der Waals surface area (Å²) < 4.78 is 3.33. The lowest BCUT2D eigenvalue weighted by atomic mass is 10.1. The highest BCUT2D eigenvalue weighted by Crippen LogP contribution is 2.36. The minimum atomic E-state index is 0.910. The van der Waals surface area contributed by atoms with Crippen LogP contribution in [0.4, 0.5) is 11.4 Å². The van der Waals surface area contributed by atoms with Gasteiger partial charge in [0.15, 0.2) is 0 Å². The number of hydrogen-bond acceptors (Lipinski definition) is 1. The molecule has 2 aromatic rings. The van der Waals surface area contributed by atoms with E-state index < -0.39 is 0 Å². The van der Waals surface area contributed by atoms with E-state index in [0.29, 0.717) is 0 Å². The molecule has 0 saturated carbocycles. The van der Waals surface area contributed by atoms with E-state index in [-0.39, 0.29) is 0 Å². The van der Waals surface area contributed by atoms with Crippen LogP contribution in [0.15, 0.2) is 67.0 Å². The molecule has 0 bridgehead atoms. The predicted octanol–water partition coefficient (Wildman–Crippen LogP) is 5.03. The van der Waals surface area contributed by atoms with Crippen molar-refractivity contribution in [2.75, 3.05) is 11.9 Å². The van der Waals surface area contributed by atoms with Crippen LogP contribution in [0.5, 0.6) is 0 Å². The largest absolute Gasteiger partial charge is 0.279 e. The minimum absolute atomic E-state index is 0.910. The lowest BCUT2D eigenvalue weighted by molar-refractivity contribution is -0.438. The van der Waals surface area contributed by atoms with Crippen LogP contribution in [-0.2, 0) is 6.42 Å². The van der Waals surface area contributed by atoms with Gasteiger partial charge in [-0.1, -0.05) is 30.3 Å². The SMILES string of the molecule is C=C1N(c2cccc(I)c2C)c2ccccc2C/C=C\C=[N+]/1C. The highest BCUT2D eigenvalue weighted by Gasteiger charge is 2.27. The van der Waals surface area contributed by atoms with E-state index in [2.05, 4.69) is 106 Å². The van der Waals surface area contributed by atoms with Gasteiger partial charge in [-0.3, -0.25) is 0 Å². The topological polar surface area (TPSA) is 6.25 Å². The van der Waals surface area contributed by atoms with Gasteiger partial charge in [-0.05, 0) is 66.8 Å². The fraction of sp³-hybridized carbons (Fsp3) is 0.150. The maximum absolute atomic E-state index is 4.35. The Labute approximate surface area is 151 Å². The van der Waals surface area contributed by atoms with Crippen LogP contribution < -0.4 is 4.90 Å². The van der Waals surface area contributed by atoms with Gasteiger partial charge in [-0.2, -0.15) is 4.90 Å². The van der Waals surface area contributed by atoms with Crippen molar-refractivity contribution in [3.8, 4) is 0 Å². The standard InChI is InChI=1S/C20H20IN2/c1-15-18(21)11-8-13-19(15)23-16(2)22(3)14-7-6-10-17-9-4-5-12-20(17)23/h4-9,11-14H,2,10H2,1,3H3/q+1/b7-6-,22-14-. The van der Waals surface area contributed by atoms with Crippen molar-refractivity contribution in [3.05, 3.63) is 81.7 Å². The molecule has 116 valence electrons. The minimum Gasteiger partial charge on any atom is -0.237 e. The summed E-state index contributed by atoms with van der Waals surface area (Å²) in [6.07, 6.45) is 7.25. The molecule has 0 unspecified atom stereocenters. The van der Waals surface area contributed by atoms with Gasteiger partial charge in [-0.25, -0.2) is 4.58 Å². The van der Waals surface area contributed by atoms with Gasteiger partial charge in [0.1, 0.15) is 11.4 Å². The second kappa shape index (κ2) is 6.71. The third-order valence-electron chi connectivity index (χ3n) is 4.16. The van der Waals surface area contributed by atoms with Crippen LogP contribution in [0, 0.1) is 10.5 Å². The van der Waals surface area contributed by atoms with Crippen molar-refractivity contribution in [3.63, 3.8) is 0 Å².